The average molecular weight is 142 g/mol. The van der Waals surface area contributed by atoms with E-state index in [1.54, 1.807) is 6.08 Å². The molecule has 2 heterocycles. The van der Waals surface area contributed by atoms with Crippen molar-refractivity contribution in [3.63, 3.8) is 0 Å². The Morgan fingerprint density at radius 1 is 1.80 bits per heavy atom. The second-order valence-electron chi connectivity index (χ2n) is 2.14. The molecule has 2 unspecified atom stereocenters. The number of methoxy groups -OCH3 is 1. The van der Waals surface area contributed by atoms with Gasteiger partial charge in [-0.2, -0.15) is 0 Å². The van der Waals surface area contributed by atoms with E-state index in [0.717, 1.165) is 0 Å². The number of carbonyl (C=O) groups excluding carboxylic acids is 1. The zero-order valence-electron chi connectivity index (χ0n) is 5.37. The average Bonchev–Trinajstić information content (AvgIpc) is 2.54. The van der Waals surface area contributed by atoms with Crippen LogP contribution in [0.4, 0.5) is 0 Å². The van der Waals surface area contributed by atoms with Gasteiger partial charge in [0, 0.05) is 0 Å². The number of rotatable bonds is 1. The lowest BCUT2D eigenvalue weighted by molar-refractivity contribution is -0.161. The van der Waals surface area contributed by atoms with Crippen LogP contribution in [0.25, 0.3) is 0 Å². The van der Waals surface area contributed by atoms with Gasteiger partial charge in [-0.25, -0.2) is 4.79 Å². The Morgan fingerprint density at radius 3 is 3.00 bits per heavy atom. The van der Waals surface area contributed by atoms with E-state index < -0.39 is 11.8 Å². The maximum Gasteiger partial charge on any atom is 0.382 e. The summed E-state index contributed by atoms with van der Waals surface area (Å²) in [6, 6.07) is 0. The quantitative estimate of drug-likeness (QED) is 0.375. The molecule has 0 bridgehead atoms. The lowest BCUT2D eigenvalue weighted by Crippen LogP contribution is -2.27. The van der Waals surface area contributed by atoms with Crippen molar-refractivity contribution in [3.05, 3.63) is 12.3 Å². The van der Waals surface area contributed by atoms with Crippen LogP contribution in [0.15, 0.2) is 12.3 Å². The monoisotopic (exact) mass is 142 g/mol. The van der Waals surface area contributed by atoms with Gasteiger partial charge in [-0.15, -0.1) is 0 Å². The minimum Gasteiger partial charge on any atom is -0.464 e. The van der Waals surface area contributed by atoms with Gasteiger partial charge in [0.25, 0.3) is 0 Å². The normalized spacial score (nSPS) is 40.3. The molecule has 1 saturated heterocycles. The Morgan fingerprint density at radius 2 is 2.60 bits per heavy atom. The second kappa shape index (κ2) is 1.52. The fraction of sp³-hybridized carbons (Fsp3) is 0.500. The van der Waals surface area contributed by atoms with Gasteiger partial charge < -0.3 is 14.2 Å². The molecule has 0 amide bonds. The van der Waals surface area contributed by atoms with Crippen LogP contribution in [-0.2, 0) is 19.0 Å². The molecule has 54 valence electrons. The third-order valence-corrected chi connectivity index (χ3v) is 1.59. The Hall–Kier alpha value is -1.03. The molecule has 2 atom stereocenters. The Bertz CT molecular complexity index is 210. The molecule has 0 N–H and O–H groups in total. The van der Waals surface area contributed by atoms with Crippen LogP contribution in [0.5, 0.6) is 0 Å². The van der Waals surface area contributed by atoms with Gasteiger partial charge >= 0.3 is 11.8 Å². The van der Waals surface area contributed by atoms with E-state index in [1.165, 1.54) is 13.4 Å². The van der Waals surface area contributed by atoms with Crippen LogP contribution in [-0.4, -0.2) is 25.0 Å². The van der Waals surface area contributed by atoms with Gasteiger partial charge in [-0.3, -0.25) is 0 Å². The molecule has 0 radical (unpaired) electrons. The standard InChI is InChI=1S/C6H6O4/c1-8-5(7)6-4(10-6)2-3-9-6/h2-4H,1H3. The van der Waals surface area contributed by atoms with Crippen molar-refractivity contribution in [3.8, 4) is 0 Å². The maximum atomic E-state index is 10.9. The lowest BCUT2D eigenvalue weighted by atomic mass is 10.3. The Labute approximate surface area is 57.4 Å². The van der Waals surface area contributed by atoms with Gasteiger partial charge in [0.2, 0.25) is 0 Å². The van der Waals surface area contributed by atoms with Gasteiger partial charge in [-0.05, 0) is 6.08 Å². The van der Waals surface area contributed by atoms with E-state index in [9.17, 15) is 4.79 Å². The van der Waals surface area contributed by atoms with Crippen LogP contribution in [0, 0.1) is 0 Å². The third kappa shape index (κ3) is 0.471. The molecule has 4 nitrogen and oxygen atoms in total. The summed E-state index contributed by atoms with van der Waals surface area (Å²) in [4.78, 5) is 10.9. The summed E-state index contributed by atoms with van der Waals surface area (Å²) in [5.41, 5.74) is 0. The zero-order chi connectivity index (χ0) is 7.19. The van der Waals surface area contributed by atoms with E-state index >= 15 is 0 Å². The predicted octanol–water partition coefficient (Wildman–Crippen LogP) is -0.202. The van der Waals surface area contributed by atoms with Crippen molar-refractivity contribution < 1.29 is 19.0 Å². The SMILES string of the molecule is COC(=O)C12OC=CC1O2. The highest BCUT2D eigenvalue weighted by Gasteiger charge is 2.68. The van der Waals surface area contributed by atoms with E-state index in [2.05, 4.69) is 4.74 Å². The molecular weight excluding hydrogens is 136 g/mol. The molecule has 4 heteroatoms. The summed E-state index contributed by atoms with van der Waals surface area (Å²) in [6.45, 7) is 0. The fourth-order valence-electron chi connectivity index (χ4n) is 0.982. The predicted molar refractivity (Wildman–Crippen MR) is 29.8 cm³/mol. The molecule has 10 heavy (non-hydrogen) atoms. The van der Waals surface area contributed by atoms with E-state index in [1.807, 2.05) is 0 Å². The number of epoxide rings is 1. The highest BCUT2D eigenvalue weighted by Crippen LogP contribution is 2.44. The summed E-state index contributed by atoms with van der Waals surface area (Å²) in [5.74, 6) is -1.57. The van der Waals surface area contributed by atoms with Crippen molar-refractivity contribution in [1.82, 2.24) is 0 Å². The smallest absolute Gasteiger partial charge is 0.382 e. The molecule has 0 aromatic carbocycles. The number of esters is 1. The van der Waals surface area contributed by atoms with Crippen molar-refractivity contribution in [2.45, 2.75) is 11.9 Å². The van der Waals surface area contributed by atoms with Crippen LogP contribution < -0.4 is 0 Å². The molecule has 0 saturated carbocycles. The van der Waals surface area contributed by atoms with Crippen LogP contribution in [0.2, 0.25) is 0 Å². The van der Waals surface area contributed by atoms with Crippen LogP contribution in [0.1, 0.15) is 0 Å². The van der Waals surface area contributed by atoms with Gasteiger partial charge in [-0.1, -0.05) is 0 Å². The van der Waals surface area contributed by atoms with Gasteiger partial charge in [0.05, 0.1) is 13.4 Å². The minimum atomic E-state index is -1.10. The highest BCUT2D eigenvalue weighted by molar-refractivity contribution is 5.82. The number of hydrogen-bond donors (Lipinski definition) is 0. The fourth-order valence-corrected chi connectivity index (χ4v) is 0.982. The molecule has 2 aliphatic heterocycles. The van der Waals surface area contributed by atoms with E-state index in [-0.39, 0.29) is 6.10 Å². The summed E-state index contributed by atoms with van der Waals surface area (Å²) in [5, 5.41) is 0. The minimum absolute atomic E-state index is 0.222. The zero-order valence-corrected chi connectivity index (χ0v) is 5.37. The largest absolute Gasteiger partial charge is 0.464 e. The molecular formula is C6H6O4. The van der Waals surface area contributed by atoms with E-state index in [0.29, 0.717) is 0 Å². The first kappa shape index (κ1) is 5.73. The molecule has 0 aromatic rings. The number of hydrogen-bond acceptors (Lipinski definition) is 4. The lowest BCUT2D eigenvalue weighted by Gasteiger charge is -2.04. The topological polar surface area (TPSA) is 48.1 Å². The number of carbonyl (C=O) groups is 1. The van der Waals surface area contributed by atoms with Crippen LogP contribution in [0.3, 0.4) is 0 Å². The molecule has 2 aliphatic rings. The first-order chi connectivity index (χ1) is 4.79. The molecule has 1 fully saturated rings. The molecule has 0 aromatic heterocycles. The summed E-state index contributed by atoms with van der Waals surface area (Å²) < 4.78 is 14.2. The Kier molecular flexibility index (Phi) is 0.870. The molecule has 0 aliphatic carbocycles. The second-order valence-corrected chi connectivity index (χ2v) is 2.14. The third-order valence-electron chi connectivity index (χ3n) is 1.59. The van der Waals surface area contributed by atoms with Crippen molar-refractivity contribution in [2.75, 3.05) is 7.11 Å². The van der Waals surface area contributed by atoms with Crippen molar-refractivity contribution in [1.29, 1.82) is 0 Å². The highest BCUT2D eigenvalue weighted by atomic mass is 16.8. The molecule has 2 rings (SSSR count). The molecule has 0 spiro atoms. The maximum absolute atomic E-state index is 10.9. The number of ether oxygens (including phenoxy) is 3. The van der Waals surface area contributed by atoms with E-state index in [4.69, 9.17) is 9.47 Å². The summed E-state index contributed by atoms with van der Waals surface area (Å²) in [6.07, 6.45) is 2.90. The van der Waals surface area contributed by atoms with Crippen molar-refractivity contribution in [2.24, 2.45) is 0 Å². The van der Waals surface area contributed by atoms with Gasteiger partial charge in [0.15, 0.2) is 6.10 Å². The number of fused-ring (bicyclic) bond motifs is 1. The first-order valence-corrected chi connectivity index (χ1v) is 2.90. The first-order valence-electron chi connectivity index (χ1n) is 2.90. The van der Waals surface area contributed by atoms with Crippen molar-refractivity contribution >= 4 is 5.97 Å². The van der Waals surface area contributed by atoms with Gasteiger partial charge in [0.1, 0.15) is 0 Å². The summed E-state index contributed by atoms with van der Waals surface area (Å²) >= 11 is 0. The Balaban J connectivity index is 2.14. The van der Waals surface area contributed by atoms with Crippen LogP contribution >= 0.6 is 0 Å². The summed E-state index contributed by atoms with van der Waals surface area (Å²) in [7, 11) is 1.30.